The molecule has 0 N–H and O–H groups in total. The Morgan fingerprint density at radius 1 is 0.305 bits per heavy atom. The van der Waals surface area contributed by atoms with Crippen molar-refractivity contribution in [2.45, 2.75) is 19.3 Å². The molecule has 1 aliphatic carbocycles. The molecule has 10 aromatic carbocycles. The zero-order chi connectivity index (χ0) is 39.0. The van der Waals surface area contributed by atoms with Gasteiger partial charge in [0.2, 0.25) is 0 Å². The van der Waals surface area contributed by atoms with Crippen molar-refractivity contribution in [1.82, 2.24) is 0 Å². The number of fused-ring (bicyclic) bond motifs is 13. The first-order valence-electron chi connectivity index (χ1n) is 20.5. The Balaban J connectivity index is 0.989. The number of rotatable bonds is 3. The molecule has 276 valence electrons. The van der Waals surface area contributed by atoms with E-state index in [0.717, 1.165) is 43.9 Å². The molecule has 0 unspecified atom stereocenters. The molecule has 13 rings (SSSR count). The standard InChI is InChI=1S/C57H36O2/c1-57(2)48-24-20-34(30-47(48)56-38-12-4-3-11-33(38)19-25-49(56)57)35-21-26-52-45(29-35)46-32-37(23-28-53(46)59-52)55-42-16-7-5-14-40(42)54(41-15-6-8-17-43(41)55)36-22-27-51-44(31-36)39-13-9-10-18-50(39)58-51/h3-32H,1-2H3. The highest BCUT2D eigenvalue weighted by Gasteiger charge is 2.36. The molecular formula is C57H36O2. The van der Waals surface area contributed by atoms with Gasteiger partial charge in [-0.05, 0) is 136 Å². The van der Waals surface area contributed by atoms with Gasteiger partial charge in [0.25, 0.3) is 0 Å². The third kappa shape index (κ3) is 4.57. The third-order valence-electron chi connectivity index (χ3n) is 13.3. The SMILES string of the molecule is CC1(C)c2ccc(-c3ccc4oc5ccc(-c6c7ccccc7c(-c7ccc8oc9ccccc9c8c7)c7ccccc67)cc5c4c3)cc2-c2c1ccc1ccccc21. The van der Waals surface area contributed by atoms with Gasteiger partial charge < -0.3 is 8.83 Å². The van der Waals surface area contributed by atoms with Gasteiger partial charge in [-0.1, -0.05) is 147 Å². The normalized spacial score (nSPS) is 13.4. The molecule has 0 bridgehead atoms. The monoisotopic (exact) mass is 752 g/mol. The van der Waals surface area contributed by atoms with E-state index in [2.05, 4.69) is 184 Å². The Labute approximate surface area is 340 Å². The fraction of sp³-hybridized carbons (Fsp3) is 0.0526. The summed E-state index contributed by atoms with van der Waals surface area (Å²) in [6.45, 7) is 4.71. The van der Waals surface area contributed by atoms with Crippen molar-refractivity contribution >= 4 is 76.2 Å². The molecule has 1 aliphatic rings. The van der Waals surface area contributed by atoms with E-state index in [1.54, 1.807) is 0 Å². The molecular weight excluding hydrogens is 717 g/mol. The van der Waals surface area contributed by atoms with Gasteiger partial charge in [0, 0.05) is 27.0 Å². The molecule has 0 amide bonds. The molecule has 0 spiro atoms. The van der Waals surface area contributed by atoms with Crippen LogP contribution in [0.3, 0.4) is 0 Å². The first kappa shape index (κ1) is 32.6. The summed E-state index contributed by atoms with van der Waals surface area (Å²) in [6, 6.07) is 66.5. The van der Waals surface area contributed by atoms with Crippen molar-refractivity contribution in [2.75, 3.05) is 0 Å². The zero-order valence-corrected chi connectivity index (χ0v) is 32.6. The highest BCUT2D eigenvalue weighted by atomic mass is 16.3. The number of hydrogen-bond acceptors (Lipinski definition) is 2. The lowest BCUT2D eigenvalue weighted by Crippen LogP contribution is -2.14. The highest BCUT2D eigenvalue weighted by molar-refractivity contribution is 6.23. The van der Waals surface area contributed by atoms with Crippen LogP contribution in [-0.4, -0.2) is 0 Å². The van der Waals surface area contributed by atoms with Gasteiger partial charge in [-0.2, -0.15) is 0 Å². The second kappa shape index (κ2) is 11.8. The van der Waals surface area contributed by atoms with Gasteiger partial charge in [-0.3, -0.25) is 0 Å². The smallest absolute Gasteiger partial charge is 0.135 e. The van der Waals surface area contributed by atoms with Crippen LogP contribution in [0.1, 0.15) is 25.0 Å². The fourth-order valence-corrected chi connectivity index (χ4v) is 10.4. The van der Waals surface area contributed by atoms with E-state index in [-0.39, 0.29) is 5.41 Å². The van der Waals surface area contributed by atoms with Gasteiger partial charge in [0.1, 0.15) is 22.3 Å². The summed E-state index contributed by atoms with van der Waals surface area (Å²) >= 11 is 0. The Kier molecular flexibility index (Phi) is 6.54. The van der Waals surface area contributed by atoms with E-state index in [0.29, 0.717) is 0 Å². The minimum absolute atomic E-state index is 0.0663. The van der Waals surface area contributed by atoms with Crippen LogP contribution in [0, 0.1) is 0 Å². The third-order valence-corrected chi connectivity index (χ3v) is 13.3. The maximum Gasteiger partial charge on any atom is 0.135 e. The maximum atomic E-state index is 6.53. The van der Waals surface area contributed by atoms with E-state index < -0.39 is 0 Å². The lowest BCUT2D eigenvalue weighted by molar-refractivity contribution is 0.661. The molecule has 12 aromatic rings. The van der Waals surface area contributed by atoms with Crippen LogP contribution in [0.2, 0.25) is 0 Å². The van der Waals surface area contributed by atoms with Crippen LogP contribution in [-0.2, 0) is 5.41 Å². The molecule has 0 atom stereocenters. The lowest BCUT2D eigenvalue weighted by atomic mass is 9.82. The van der Waals surface area contributed by atoms with E-state index >= 15 is 0 Å². The second-order valence-corrected chi connectivity index (χ2v) is 16.8. The molecule has 2 nitrogen and oxygen atoms in total. The predicted octanol–water partition coefficient (Wildman–Crippen LogP) is 16.3. The van der Waals surface area contributed by atoms with Crippen LogP contribution < -0.4 is 0 Å². The van der Waals surface area contributed by atoms with Gasteiger partial charge in [0.15, 0.2) is 0 Å². The fourth-order valence-electron chi connectivity index (χ4n) is 10.4. The van der Waals surface area contributed by atoms with Crippen molar-refractivity contribution in [3.63, 3.8) is 0 Å². The molecule has 2 heterocycles. The highest BCUT2D eigenvalue weighted by Crippen LogP contribution is 2.52. The van der Waals surface area contributed by atoms with Crippen molar-refractivity contribution in [2.24, 2.45) is 0 Å². The van der Waals surface area contributed by atoms with Crippen molar-refractivity contribution in [3.05, 3.63) is 193 Å². The van der Waals surface area contributed by atoms with E-state index in [1.165, 1.54) is 88.0 Å². The Morgan fingerprint density at radius 3 is 1.34 bits per heavy atom. The number of benzene rings is 10. The number of hydrogen-bond donors (Lipinski definition) is 0. The molecule has 0 saturated carbocycles. The summed E-state index contributed by atoms with van der Waals surface area (Å²) in [5, 5.41) is 12.0. The van der Waals surface area contributed by atoms with Crippen LogP contribution in [0.25, 0.3) is 121 Å². The first-order chi connectivity index (χ1) is 29.0. The summed E-state index contributed by atoms with van der Waals surface area (Å²) in [5.74, 6) is 0. The number of furan rings is 2. The molecule has 2 heteroatoms. The Morgan fingerprint density at radius 2 is 0.729 bits per heavy atom. The van der Waals surface area contributed by atoms with E-state index in [1.807, 2.05) is 12.1 Å². The van der Waals surface area contributed by atoms with Crippen molar-refractivity contribution in [1.29, 1.82) is 0 Å². The quantitative estimate of drug-likeness (QED) is 0.168. The van der Waals surface area contributed by atoms with Gasteiger partial charge in [-0.25, -0.2) is 0 Å². The van der Waals surface area contributed by atoms with Crippen molar-refractivity contribution < 1.29 is 8.83 Å². The van der Waals surface area contributed by atoms with E-state index in [9.17, 15) is 0 Å². The van der Waals surface area contributed by atoms with Gasteiger partial charge in [-0.15, -0.1) is 0 Å². The largest absolute Gasteiger partial charge is 0.456 e. The topological polar surface area (TPSA) is 26.3 Å². The molecule has 0 fully saturated rings. The molecule has 0 aliphatic heterocycles. The minimum atomic E-state index is -0.0663. The van der Waals surface area contributed by atoms with Crippen LogP contribution >= 0.6 is 0 Å². The summed E-state index contributed by atoms with van der Waals surface area (Å²) in [5.41, 5.74) is 16.2. The van der Waals surface area contributed by atoms with Gasteiger partial charge in [0.05, 0.1) is 0 Å². The summed E-state index contributed by atoms with van der Waals surface area (Å²) in [6.07, 6.45) is 0. The Hall–Kier alpha value is -7.42. The molecule has 0 saturated heterocycles. The summed E-state index contributed by atoms with van der Waals surface area (Å²) in [4.78, 5) is 0. The molecule has 2 aromatic heterocycles. The predicted molar refractivity (Wildman–Crippen MR) is 247 cm³/mol. The maximum absolute atomic E-state index is 6.53. The summed E-state index contributed by atoms with van der Waals surface area (Å²) in [7, 11) is 0. The first-order valence-corrected chi connectivity index (χ1v) is 20.5. The van der Waals surface area contributed by atoms with Gasteiger partial charge >= 0.3 is 0 Å². The van der Waals surface area contributed by atoms with Crippen LogP contribution in [0.5, 0.6) is 0 Å². The minimum Gasteiger partial charge on any atom is -0.456 e. The number of para-hydroxylation sites is 1. The van der Waals surface area contributed by atoms with Crippen LogP contribution in [0.15, 0.2) is 191 Å². The molecule has 59 heavy (non-hydrogen) atoms. The lowest BCUT2D eigenvalue weighted by Gasteiger charge is -2.21. The van der Waals surface area contributed by atoms with Crippen molar-refractivity contribution in [3.8, 4) is 44.5 Å². The second-order valence-electron chi connectivity index (χ2n) is 16.8. The van der Waals surface area contributed by atoms with Crippen LogP contribution in [0.4, 0.5) is 0 Å². The van der Waals surface area contributed by atoms with E-state index in [4.69, 9.17) is 8.83 Å². The Bertz CT molecular complexity index is 3700. The summed E-state index contributed by atoms with van der Waals surface area (Å²) < 4.78 is 12.8. The average Bonchev–Trinajstić information content (AvgIpc) is 3.91. The average molecular weight is 753 g/mol. The molecule has 0 radical (unpaired) electrons. The zero-order valence-electron chi connectivity index (χ0n) is 32.6.